The molecule has 0 unspecified atom stereocenters. The molecule has 1 aromatic carbocycles. The average molecular weight is 300 g/mol. The Hall–Kier alpha value is -3.09. The summed E-state index contributed by atoms with van der Waals surface area (Å²) in [6, 6.07) is 10.2. The molecule has 0 saturated carbocycles. The summed E-state index contributed by atoms with van der Waals surface area (Å²) in [7, 11) is 1.43. The number of hydrogen-bond acceptors (Lipinski definition) is 4. The smallest absolute Gasteiger partial charge is 0.371 e. The van der Waals surface area contributed by atoms with Crippen molar-refractivity contribution in [3.05, 3.63) is 68.6 Å². The van der Waals surface area contributed by atoms with Gasteiger partial charge in [-0.3, -0.25) is 13.9 Å². The van der Waals surface area contributed by atoms with Gasteiger partial charge < -0.3 is 9.52 Å². The molecule has 0 fully saturated rings. The van der Waals surface area contributed by atoms with Gasteiger partial charge in [-0.1, -0.05) is 30.3 Å². The van der Waals surface area contributed by atoms with E-state index < -0.39 is 17.2 Å². The highest BCUT2D eigenvalue weighted by Gasteiger charge is 2.18. The number of aryl methyl sites for hydroxylation is 1. The lowest BCUT2D eigenvalue weighted by molar-refractivity contribution is 0.0664. The first-order chi connectivity index (χ1) is 10.5. The van der Waals surface area contributed by atoms with Gasteiger partial charge in [-0.05, 0) is 5.56 Å². The molecule has 0 spiro atoms. The van der Waals surface area contributed by atoms with E-state index in [1.807, 2.05) is 18.2 Å². The van der Waals surface area contributed by atoms with Crippen LogP contribution in [0, 0.1) is 0 Å². The molecule has 0 saturated heterocycles. The second-order valence-electron chi connectivity index (χ2n) is 4.85. The number of hydrogen-bond donors (Lipinski definition) is 1. The van der Waals surface area contributed by atoms with E-state index in [-0.39, 0.29) is 23.4 Å². The fraction of sp³-hybridized carbons (Fsp3) is 0.133. The van der Waals surface area contributed by atoms with Gasteiger partial charge in [-0.15, -0.1) is 0 Å². The monoisotopic (exact) mass is 300 g/mol. The lowest BCUT2D eigenvalue weighted by Gasteiger charge is -2.07. The molecule has 1 N–H and O–H groups in total. The lowest BCUT2D eigenvalue weighted by atomic mass is 10.2. The molecule has 0 atom stereocenters. The minimum absolute atomic E-state index is 0.0447. The zero-order valence-electron chi connectivity index (χ0n) is 11.6. The third kappa shape index (κ3) is 2.12. The van der Waals surface area contributed by atoms with Crippen LogP contribution in [0.5, 0.6) is 0 Å². The Morgan fingerprint density at radius 1 is 1.23 bits per heavy atom. The standard InChI is InChI=1S/C15H12N2O5/c1-16-13-10(7-11(22-13)14(19)20)12(18)17(15(16)21)8-9-5-3-2-4-6-9/h2-7H,8H2,1H3,(H,19,20). The van der Waals surface area contributed by atoms with Gasteiger partial charge in [0.15, 0.2) is 0 Å². The number of furan rings is 1. The maximum atomic E-state index is 12.4. The number of carbonyl (C=O) groups is 1. The van der Waals surface area contributed by atoms with E-state index in [0.29, 0.717) is 0 Å². The van der Waals surface area contributed by atoms with Gasteiger partial charge in [-0.2, -0.15) is 0 Å². The number of fused-ring (bicyclic) bond motifs is 1. The molecule has 0 aliphatic rings. The highest BCUT2D eigenvalue weighted by Crippen LogP contribution is 2.14. The van der Waals surface area contributed by atoms with Crippen molar-refractivity contribution in [3.8, 4) is 0 Å². The Balaban J connectivity index is 2.25. The molecule has 2 aromatic heterocycles. The van der Waals surface area contributed by atoms with Crippen LogP contribution in [-0.4, -0.2) is 20.2 Å². The highest BCUT2D eigenvalue weighted by molar-refractivity contribution is 5.90. The maximum Gasteiger partial charge on any atom is 0.371 e. The summed E-state index contributed by atoms with van der Waals surface area (Å²) in [5.41, 5.74) is -0.384. The number of aromatic nitrogens is 2. The van der Waals surface area contributed by atoms with E-state index in [1.54, 1.807) is 12.1 Å². The molecule has 0 aliphatic heterocycles. The van der Waals surface area contributed by atoms with Gasteiger partial charge in [0.05, 0.1) is 6.54 Å². The minimum atomic E-state index is -1.29. The van der Waals surface area contributed by atoms with E-state index in [0.717, 1.165) is 20.8 Å². The summed E-state index contributed by atoms with van der Waals surface area (Å²) in [4.78, 5) is 35.7. The lowest BCUT2D eigenvalue weighted by Crippen LogP contribution is -2.38. The average Bonchev–Trinajstić information content (AvgIpc) is 2.96. The normalized spacial score (nSPS) is 11.0. The number of rotatable bonds is 3. The highest BCUT2D eigenvalue weighted by atomic mass is 16.4. The Bertz CT molecular complexity index is 979. The predicted molar refractivity (Wildman–Crippen MR) is 78.2 cm³/mol. The number of nitrogens with zero attached hydrogens (tertiary/aromatic N) is 2. The van der Waals surface area contributed by atoms with Gasteiger partial charge in [0, 0.05) is 13.1 Å². The van der Waals surface area contributed by atoms with E-state index in [9.17, 15) is 14.4 Å². The van der Waals surface area contributed by atoms with Gasteiger partial charge in [0.1, 0.15) is 5.39 Å². The van der Waals surface area contributed by atoms with Crippen LogP contribution in [0.1, 0.15) is 16.1 Å². The van der Waals surface area contributed by atoms with Gasteiger partial charge >= 0.3 is 11.7 Å². The van der Waals surface area contributed by atoms with Crippen LogP contribution in [0.2, 0.25) is 0 Å². The first-order valence-electron chi connectivity index (χ1n) is 6.49. The summed E-state index contributed by atoms with van der Waals surface area (Å²) < 4.78 is 7.26. The summed E-state index contributed by atoms with van der Waals surface area (Å²) >= 11 is 0. The molecule has 0 bridgehead atoms. The van der Waals surface area contributed by atoms with Crippen LogP contribution in [0.3, 0.4) is 0 Å². The summed E-state index contributed by atoms with van der Waals surface area (Å²) in [5, 5.41) is 9.02. The summed E-state index contributed by atoms with van der Waals surface area (Å²) in [6.45, 7) is 0.107. The van der Waals surface area contributed by atoms with Gasteiger partial charge in [-0.25, -0.2) is 9.59 Å². The fourth-order valence-corrected chi connectivity index (χ4v) is 2.29. The third-order valence-electron chi connectivity index (χ3n) is 3.40. The number of carboxylic acid groups (broad SMARTS) is 1. The molecule has 0 amide bonds. The molecule has 3 aromatic rings. The molecule has 7 nitrogen and oxygen atoms in total. The summed E-state index contributed by atoms with van der Waals surface area (Å²) in [6.07, 6.45) is 0. The second kappa shape index (κ2) is 5.03. The third-order valence-corrected chi connectivity index (χ3v) is 3.40. The van der Waals surface area contributed by atoms with Crippen molar-refractivity contribution in [3.63, 3.8) is 0 Å². The van der Waals surface area contributed by atoms with Crippen molar-refractivity contribution >= 4 is 17.1 Å². The minimum Gasteiger partial charge on any atom is -0.475 e. The van der Waals surface area contributed by atoms with Crippen LogP contribution < -0.4 is 11.2 Å². The molecule has 22 heavy (non-hydrogen) atoms. The molecule has 112 valence electrons. The van der Waals surface area contributed by atoms with Crippen molar-refractivity contribution in [2.75, 3.05) is 0 Å². The zero-order valence-corrected chi connectivity index (χ0v) is 11.6. The van der Waals surface area contributed by atoms with Crippen LogP contribution in [0.25, 0.3) is 11.1 Å². The first-order valence-corrected chi connectivity index (χ1v) is 6.49. The van der Waals surface area contributed by atoms with E-state index in [4.69, 9.17) is 9.52 Å². The van der Waals surface area contributed by atoms with Gasteiger partial charge in [0.2, 0.25) is 11.5 Å². The fourth-order valence-electron chi connectivity index (χ4n) is 2.29. The molecular formula is C15H12N2O5. The Morgan fingerprint density at radius 3 is 2.55 bits per heavy atom. The zero-order chi connectivity index (χ0) is 15.9. The van der Waals surface area contributed by atoms with Gasteiger partial charge in [0.25, 0.3) is 5.56 Å². The number of benzene rings is 1. The van der Waals surface area contributed by atoms with Crippen molar-refractivity contribution in [2.45, 2.75) is 6.54 Å². The van der Waals surface area contributed by atoms with Crippen LogP contribution in [0.4, 0.5) is 0 Å². The Morgan fingerprint density at radius 2 is 1.91 bits per heavy atom. The van der Waals surface area contributed by atoms with E-state index in [2.05, 4.69) is 0 Å². The second-order valence-corrected chi connectivity index (χ2v) is 4.85. The largest absolute Gasteiger partial charge is 0.475 e. The van der Waals surface area contributed by atoms with Crippen molar-refractivity contribution < 1.29 is 14.3 Å². The van der Waals surface area contributed by atoms with Crippen molar-refractivity contribution in [1.29, 1.82) is 0 Å². The molecule has 2 heterocycles. The number of aromatic carboxylic acids is 1. The molecular weight excluding hydrogens is 288 g/mol. The van der Waals surface area contributed by atoms with Crippen LogP contribution in [0.15, 0.2) is 50.4 Å². The Kier molecular flexibility index (Phi) is 3.17. The predicted octanol–water partition coefficient (Wildman–Crippen LogP) is 1.04. The Labute approximate surface area is 123 Å². The van der Waals surface area contributed by atoms with Crippen molar-refractivity contribution in [1.82, 2.24) is 9.13 Å². The molecule has 3 rings (SSSR count). The maximum absolute atomic E-state index is 12.4. The quantitative estimate of drug-likeness (QED) is 0.780. The van der Waals surface area contributed by atoms with E-state index in [1.165, 1.54) is 7.05 Å². The SMILES string of the molecule is Cn1c(=O)n(Cc2ccccc2)c(=O)c2cc(C(=O)O)oc21. The van der Waals surface area contributed by atoms with Crippen LogP contribution in [-0.2, 0) is 13.6 Å². The molecule has 0 aliphatic carbocycles. The van der Waals surface area contributed by atoms with E-state index >= 15 is 0 Å². The van der Waals surface area contributed by atoms with Crippen LogP contribution >= 0.6 is 0 Å². The number of carboxylic acids is 1. The topological polar surface area (TPSA) is 94.4 Å². The first kappa shape index (κ1) is 13.9. The van der Waals surface area contributed by atoms with Crippen molar-refractivity contribution in [2.24, 2.45) is 7.05 Å². The summed E-state index contributed by atoms with van der Waals surface area (Å²) in [5.74, 6) is -1.67. The molecule has 0 radical (unpaired) electrons. The molecule has 7 heteroatoms.